The molecular weight excluding hydrogens is 328 g/mol. The molecule has 0 aromatic rings. The Morgan fingerprint density at radius 2 is 1.96 bits per heavy atom. The molecule has 4 nitrogen and oxygen atoms in total. The Bertz CT molecular complexity index is 565. The largest absolute Gasteiger partial charge is 0.477 e. The van der Waals surface area contributed by atoms with Gasteiger partial charge in [0, 0.05) is 6.42 Å². The van der Waals surface area contributed by atoms with Crippen LogP contribution in [0.15, 0.2) is 41.7 Å². The summed E-state index contributed by atoms with van der Waals surface area (Å²) in [7, 11) is 0. The van der Waals surface area contributed by atoms with Crippen molar-refractivity contribution in [3.8, 4) is 0 Å². The average Bonchev–Trinajstić information content (AvgIpc) is 2.91. The highest BCUT2D eigenvalue weighted by Crippen LogP contribution is 2.36. The molecule has 1 aliphatic rings. The Hall–Kier alpha value is -1.61. The molecule has 0 saturated carbocycles. The number of carbonyl (C=O) groups is 1. The summed E-state index contributed by atoms with van der Waals surface area (Å²) in [4.78, 5) is 10.7. The first-order valence-corrected chi connectivity index (χ1v) is 9.71. The molecule has 0 aromatic carbocycles. The lowest BCUT2D eigenvalue weighted by atomic mass is 9.83. The number of hydrogen-bond acceptors (Lipinski definition) is 3. The summed E-state index contributed by atoms with van der Waals surface area (Å²) in [6, 6.07) is 0. The summed E-state index contributed by atoms with van der Waals surface area (Å²) >= 11 is 0. The number of aliphatic carboxylic acids is 1. The first-order valence-electron chi connectivity index (χ1n) is 9.71. The minimum atomic E-state index is -2.72. The highest BCUT2D eigenvalue weighted by molar-refractivity contribution is 5.75. The zero-order valence-electron chi connectivity index (χ0n) is 16.3. The molecular formula is C22H34O4. The summed E-state index contributed by atoms with van der Waals surface area (Å²) in [6.45, 7) is 6.38. The SMILES string of the molecule is CCCCCCC=C[C@H]1C=C[C@H](C)[C@H]1CC(C)=C=CCC(O)(O)C(=O)O. The topological polar surface area (TPSA) is 77.8 Å². The zero-order valence-corrected chi connectivity index (χ0v) is 16.3. The van der Waals surface area contributed by atoms with Gasteiger partial charge in [0.15, 0.2) is 0 Å². The maximum atomic E-state index is 10.7. The minimum absolute atomic E-state index is 0.376. The molecule has 1 rings (SSSR count). The fraction of sp³-hybridized carbons (Fsp3) is 0.636. The normalized spacial score (nSPS) is 22.6. The lowest BCUT2D eigenvalue weighted by molar-refractivity contribution is -0.201. The van der Waals surface area contributed by atoms with Crippen LogP contribution in [0.3, 0.4) is 0 Å². The van der Waals surface area contributed by atoms with Crippen molar-refractivity contribution in [2.24, 2.45) is 17.8 Å². The highest BCUT2D eigenvalue weighted by Gasteiger charge is 2.31. The van der Waals surface area contributed by atoms with Gasteiger partial charge in [0.1, 0.15) is 0 Å². The zero-order chi connectivity index (χ0) is 19.6. The van der Waals surface area contributed by atoms with Crippen molar-refractivity contribution in [2.75, 3.05) is 0 Å². The molecule has 0 radical (unpaired) electrons. The number of carboxylic acid groups (broad SMARTS) is 1. The van der Waals surface area contributed by atoms with E-state index in [0.717, 1.165) is 18.4 Å². The van der Waals surface area contributed by atoms with Crippen molar-refractivity contribution in [2.45, 2.75) is 71.5 Å². The monoisotopic (exact) mass is 362 g/mol. The van der Waals surface area contributed by atoms with Gasteiger partial charge in [-0.15, -0.1) is 5.73 Å². The van der Waals surface area contributed by atoms with E-state index in [-0.39, 0.29) is 6.42 Å². The number of unbranched alkanes of at least 4 members (excludes halogenated alkanes) is 4. The molecule has 0 aromatic heterocycles. The van der Waals surface area contributed by atoms with Gasteiger partial charge in [-0.05, 0) is 55.6 Å². The summed E-state index contributed by atoms with van der Waals surface area (Å²) in [5.74, 6) is -3.00. The van der Waals surface area contributed by atoms with E-state index in [4.69, 9.17) is 5.11 Å². The molecule has 0 unspecified atom stereocenters. The molecule has 0 amide bonds. The molecule has 26 heavy (non-hydrogen) atoms. The van der Waals surface area contributed by atoms with Crippen LogP contribution >= 0.6 is 0 Å². The van der Waals surface area contributed by atoms with E-state index in [1.54, 1.807) is 0 Å². The second-order valence-corrected chi connectivity index (χ2v) is 7.42. The third-order valence-corrected chi connectivity index (χ3v) is 5.01. The molecule has 0 bridgehead atoms. The maximum Gasteiger partial charge on any atom is 0.364 e. The van der Waals surface area contributed by atoms with Crippen molar-refractivity contribution in [3.05, 3.63) is 41.7 Å². The van der Waals surface area contributed by atoms with Crippen LogP contribution in [0.4, 0.5) is 0 Å². The van der Waals surface area contributed by atoms with E-state index in [1.165, 1.54) is 31.8 Å². The highest BCUT2D eigenvalue weighted by atomic mass is 16.5. The molecule has 3 atom stereocenters. The van der Waals surface area contributed by atoms with E-state index in [0.29, 0.717) is 17.8 Å². The molecule has 146 valence electrons. The lowest BCUT2D eigenvalue weighted by Gasteiger charge is -2.21. The van der Waals surface area contributed by atoms with Gasteiger partial charge in [-0.25, -0.2) is 4.79 Å². The van der Waals surface area contributed by atoms with Crippen LogP contribution in [0.5, 0.6) is 0 Å². The molecule has 0 fully saturated rings. The van der Waals surface area contributed by atoms with Gasteiger partial charge < -0.3 is 15.3 Å². The van der Waals surface area contributed by atoms with E-state index in [1.807, 2.05) is 6.92 Å². The molecule has 0 heterocycles. The fourth-order valence-corrected chi connectivity index (χ4v) is 3.28. The Kier molecular flexibility index (Phi) is 9.64. The number of hydrogen-bond donors (Lipinski definition) is 3. The van der Waals surface area contributed by atoms with Gasteiger partial charge in [0.25, 0.3) is 5.79 Å². The Morgan fingerprint density at radius 1 is 1.23 bits per heavy atom. The Morgan fingerprint density at radius 3 is 2.62 bits per heavy atom. The van der Waals surface area contributed by atoms with Crippen LogP contribution in [-0.4, -0.2) is 27.1 Å². The van der Waals surface area contributed by atoms with Crippen LogP contribution in [-0.2, 0) is 4.79 Å². The molecule has 0 saturated heterocycles. The van der Waals surface area contributed by atoms with Gasteiger partial charge in [-0.3, -0.25) is 0 Å². The van der Waals surface area contributed by atoms with Gasteiger partial charge in [0.2, 0.25) is 0 Å². The van der Waals surface area contributed by atoms with Crippen LogP contribution in [0, 0.1) is 17.8 Å². The van der Waals surface area contributed by atoms with Crippen LogP contribution in [0.2, 0.25) is 0 Å². The third kappa shape index (κ3) is 7.74. The van der Waals surface area contributed by atoms with Crippen LogP contribution in [0.25, 0.3) is 0 Å². The number of rotatable bonds is 11. The van der Waals surface area contributed by atoms with E-state index in [9.17, 15) is 15.0 Å². The number of carboxylic acids is 1. The van der Waals surface area contributed by atoms with Crippen molar-refractivity contribution in [3.63, 3.8) is 0 Å². The predicted molar refractivity (Wildman–Crippen MR) is 104 cm³/mol. The second kappa shape index (κ2) is 11.2. The van der Waals surface area contributed by atoms with Crippen molar-refractivity contribution < 1.29 is 20.1 Å². The van der Waals surface area contributed by atoms with E-state index < -0.39 is 11.8 Å². The van der Waals surface area contributed by atoms with Crippen LogP contribution in [0.1, 0.15) is 65.7 Å². The van der Waals surface area contributed by atoms with E-state index >= 15 is 0 Å². The minimum Gasteiger partial charge on any atom is -0.477 e. The Labute approximate surface area is 157 Å². The van der Waals surface area contributed by atoms with Crippen molar-refractivity contribution in [1.29, 1.82) is 0 Å². The summed E-state index contributed by atoms with van der Waals surface area (Å²) < 4.78 is 0. The second-order valence-electron chi connectivity index (χ2n) is 7.42. The first kappa shape index (κ1) is 22.4. The first-order chi connectivity index (χ1) is 12.3. The maximum absolute atomic E-state index is 10.7. The number of aliphatic hydroxyl groups is 2. The quantitative estimate of drug-likeness (QED) is 0.217. The molecule has 3 N–H and O–H groups in total. The fourth-order valence-electron chi connectivity index (χ4n) is 3.28. The molecule has 0 spiro atoms. The standard InChI is InChI=1S/C22H34O4/c1-4-5-6-7-8-9-12-19-14-13-18(3)20(19)16-17(2)11-10-15-22(25,26)21(23)24/h9-10,12-14,18-20,25-26H,4-8,15-16H2,1-3H3,(H,23,24)/t11?,18-,19-,20+/m0/s1. The van der Waals surface area contributed by atoms with Gasteiger partial charge in [-0.2, -0.15) is 0 Å². The molecule has 0 aliphatic heterocycles. The van der Waals surface area contributed by atoms with Gasteiger partial charge in [-0.1, -0.05) is 57.4 Å². The Balaban J connectivity index is 2.58. The number of allylic oxidation sites excluding steroid dienone is 4. The lowest BCUT2D eigenvalue weighted by Crippen LogP contribution is -2.37. The predicted octanol–water partition coefficient (Wildman–Crippen LogP) is 4.60. The van der Waals surface area contributed by atoms with Crippen molar-refractivity contribution >= 4 is 5.97 Å². The van der Waals surface area contributed by atoms with Crippen molar-refractivity contribution in [1.82, 2.24) is 0 Å². The smallest absolute Gasteiger partial charge is 0.364 e. The third-order valence-electron chi connectivity index (χ3n) is 5.01. The van der Waals surface area contributed by atoms with Crippen LogP contribution < -0.4 is 0 Å². The molecule has 1 aliphatic carbocycles. The summed E-state index contributed by atoms with van der Waals surface area (Å²) in [6.07, 6.45) is 17.2. The molecule has 4 heteroatoms. The van der Waals surface area contributed by atoms with E-state index in [2.05, 4.69) is 43.9 Å². The average molecular weight is 363 g/mol. The van der Waals surface area contributed by atoms with Gasteiger partial charge in [0.05, 0.1) is 0 Å². The summed E-state index contributed by atoms with van der Waals surface area (Å²) in [5.41, 5.74) is 4.00. The summed E-state index contributed by atoms with van der Waals surface area (Å²) in [5, 5.41) is 27.3. The van der Waals surface area contributed by atoms with Gasteiger partial charge >= 0.3 is 5.97 Å².